The van der Waals surface area contributed by atoms with Gasteiger partial charge in [-0.1, -0.05) is 6.08 Å². The van der Waals surface area contributed by atoms with E-state index in [1.54, 1.807) is 0 Å². The Labute approximate surface area is 158 Å². The first-order valence-corrected chi connectivity index (χ1v) is 9.86. The molecular weight excluding hydrogens is 338 g/mol. The number of morpholine rings is 1. The van der Waals surface area contributed by atoms with Crippen LogP contribution in [0.3, 0.4) is 0 Å². The van der Waals surface area contributed by atoms with Crippen molar-refractivity contribution >= 4 is 16.6 Å². The zero-order valence-electron chi connectivity index (χ0n) is 15.5. The molecule has 6 nitrogen and oxygen atoms in total. The quantitative estimate of drug-likeness (QED) is 0.755. The lowest BCUT2D eigenvalue weighted by atomic mass is 10.0. The Hall–Kier alpha value is -2.44. The van der Waals surface area contributed by atoms with E-state index >= 15 is 0 Å². The molecule has 0 amide bonds. The van der Waals surface area contributed by atoms with Crippen LogP contribution in [0, 0.1) is 0 Å². The topological polar surface area (TPSA) is 59.0 Å². The van der Waals surface area contributed by atoms with Crippen molar-refractivity contribution in [3.63, 3.8) is 0 Å². The van der Waals surface area contributed by atoms with Crippen LogP contribution < -0.4 is 0 Å². The van der Waals surface area contributed by atoms with E-state index in [2.05, 4.69) is 38.3 Å². The Balaban J connectivity index is 1.37. The molecule has 3 aromatic heterocycles. The van der Waals surface area contributed by atoms with Crippen LogP contribution in [-0.2, 0) is 11.3 Å². The molecule has 0 aromatic carbocycles. The molecule has 1 saturated heterocycles. The number of aromatic amines is 1. The Morgan fingerprint density at radius 3 is 2.89 bits per heavy atom. The van der Waals surface area contributed by atoms with Gasteiger partial charge in [-0.2, -0.15) is 5.10 Å². The normalized spacial score (nSPS) is 18.3. The van der Waals surface area contributed by atoms with Crippen molar-refractivity contribution in [3.05, 3.63) is 42.5 Å². The monoisotopic (exact) mass is 363 g/mol. The Morgan fingerprint density at radius 2 is 2.04 bits per heavy atom. The first-order valence-electron chi connectivity index (χ1n) is 9.86. The molecule has 0 saturated carbocycles. The van der Waals surface area contributed by atoms with E-state index in [1.807, 2.05) is 23.3 Å². The molecule has 1 fully saturated rings. The molecule has 3 aromatic rings. The van der Waals surface area contributed by atoms with E-state index in [1.165, 1.54) is 34.9 Å². The van der Waals surface area contributed by atoms with Crippen molar-refractivity contribution in [2.75, 3.05) is 32.8 Å². The summed E-state index contributed by atoms with van der Waals surface area (Å²) in [6, 6.07) is 2.27. The molecule has 0 bridgehead atoms. The van der Waals surface area contributed by atoms with Gasteiger partial charge in [0.2, 0.25) is 0 Å². The lowest BCUT2D eigenvalue weighted by Crippen LogP contribution is -2.38. The number of hydrogen-bond acceptors (Lipinski definition) is 4. The van der Waals surface area contributed by atoms with Gasteiger partial charge in [-0.25, -0.2) is 4.98 Å². The number of nitrogens with zero attached hydrogens (tertiary/aromatic N) is 4. The van der Waals surface area contributed by atoms with Crippen LogP contribution in [0.15, 0.2) is 36.9 Å². The summed E-state index contributed by atoms with van der Waals surface area (Å²) in [5.74, 6) is 0. The fourth-order valence-electron chi connectivity index (χ4n) is 4.04. The summed E-state index contributed by atoms with van der Waals surface area (Å²) in [5.41, 5.74) is 5.94. The van der Waals surface area contributed by atoms with Crippen LogP contribution in [0.2, 0.25) is 0 Å². The van der Waals surface area contributed by atoms with Crippen LogP contribution in [0.25, 0.3) is 27.7 Å². The minimum atomic E-state index is 0.839. The number of hydrogen-bond donors (Lipinski definition) is 1. The molecule has 0 spiro atoms. The number of pyridine rings is 1. The molecule has 0 unspecified atom stereocenters. The fraction of sp³-hybridized carbons (Fsp3) is 0.429. The first kappa shape index (κ1) is 16.7. The summed E-state index contributed by atoms with van der Waals surface area (Å²) in [7, 11) is 0. The van der Waals surface area contributed by atoms with Crippen LogP contribution in [0.4, 0.5) is 0 Å². The highest BCUT2D eigenvalue weighted by Gasteiger charge is 2.14. The van der Waals surface area contributed by atoms with E-state index < -0.39 is 0 Å². The van der Waals surface area contributed by atoms with Gasteiger partial charge in [-0.05, 0) is 36.5 Å². The minimum Gasteiger partial charge on any atom is -0.379 e. The zero-order valence-corrected chi connectivity index (χ0v) is 15.5. The summed E-state index contributed by atoms with van der Waals surface area (Å²) in [6.45, 7) is 5.62. The average Bonchev–Trinajstić information content (AvgIpc) is 3.46. The van der Waals surface area contributed by atoms with Crippen molar-refractivity contribution in [1.82, 2.24) is 24.6 Å². The number of fused-ring (bicyclic) bond motifs is 1. The third-order valence-electron chi connectivity index (χ3n) is 5.64. The predicted octanol–water partition coefficient (Wildman–Crippen LogP) is 3.33. The van der Waals surface area contributed by atoms with Gasteiger partial charge >= 0.3 is 0 Å². The summed E-state index contributed by atoms with van der Waals surface area (Å²) in [6.07, 6.45) is 14.1. The molecule has 1 aliphatic carbocycles. The van der Waals surface area contributed by atoms with Crippen LogP contribution in [0.1, 0.15) is 24.8 Å². The summed E-state index contributed by atoms with van der Waals surface area (Å²) < 4.78 is 7.46. The average molecular weight is 363 g/mol. The standard InChI is InChI=1S/C21H25N5O/c1-2-4-16(3-1)17-11-19-20(14-23-21(19)22-12-17)18-13-24-26(15-18)6-5-25-7-9-27-10-8-25/h3,11-15H,1-2,4-10H2,(H,22,23). The summed E-state index contributed by atoms with van der Waals surface area (Å²) in [4.78, 5) is 10.4. The van der Waals surface area contributed by atoms with Gasteiger partial charge in [-0.3, -0.25) is 9.58 Å². The van der Waals surface area contributed by atoms with Gasteiger partial charge in [0.05, 0.1) is 26.0 Å². The van der Waals surface area contributed by atoms with Crippen LogP contribution in [0.5, 0.6) is 0 Å². The Kier molecular flexibility index (Phi) is 4.51. The molecule has 1 N–H and O–H groups in total. The second-order valence-electron chi connectivity index (χ2n) is 7.39. The van der Waals surface area contributed by atoms with Gasteiger partial charge < -0.3 is 9.72 Å². The Morgan fingerprint density at radius 1 is 1.11 bits per heavy atom. The van der Waals surface area contributed by atoms with Crippen LogP contribution >= 0.6 is 0 Å². The Bertz CT molecular complexity index is 964. The number of rotatable bonds is 5. The van der Waals surface area contributed by atoms with E-state index in [0.717, 1.165) is 57.0 Å². The molecule has 6 heteroatoms. The lowest BCUT2D eigenvalue weighted by molar-refractivity contribution is 0.0360. The first-order chi connectivity index (χ1) is 13.4. The highest BCUT2D eigenvalue weighted by molar-refractivity contribution is 5.95. The lowest BCUT2D eigenvalue weighted by Gasteiger charge is -2.26. The maximum Gasteiger partial charge on any atom is 0.137 e. The van der Waals surface area contributed by atoms with Crippen molar-refractivity contribution in [3.8, 4) is 11.1 Å². The van der Waals surface area contributed by atoms with Crippen molar-refractivity contribution in [2.45, 2.75) is 25.8 Å². The number of H-pyrrole nitrogens is 1. The molecule has 5 rings (SSSR count). The molecule has 140 valence electrons. The van der Waals surface area contributed by atoms with Crippen molar-refractivity contribution in [2.24, 2.45) is 0 Å². The van der Waals surface area contributed by atoms with Crippen molar-refractivity contribution < 1.29 is 4.74 Å². The molecular formula is C21H25N5O. The second-order valence-corrected chi connectivity index (χ2v) is 7.39. The molecule has 2 aliphatic rings. The number of allylic oxidation sites excluding steroid dienone is 2. The van der Waals surface area contributed by atoms with Gasteiger partial charge in [-0.15, -0.1) is 0 Å². The SMILES string of the molecule is C1=C(c2cnc3[nH]cc(-c4cnn(CCN5CCOCC5)c4)c3c2)CCC1. The number of aromatic nitrogens is 4. The van der Waals surface area contributed by atoms with Gasteiger partial charge in [0.25, 0.3) is 0 Å². The summed E-state index contributed by atoms with van der Waals surface area (Å²) in [5, 5.41) is 5.75. The maximum absolute atomic E-state index is 5.41. The van der Waals surface area contributed by atoms with Gasteiger partial charge in [0.15, 0.2) is 0 Å². The maximum atomic E-state index is 5.41. The molecule has 0 radical (unpaired) electrons. The fourth-order valence-corrected chi connectivity index (χ4v) is 4.04. The van der Waals surface area contributed by atoms with E-state index in [-0.39, 0.29) is 0 Å². The molecule has 4 heterocycles. The van der Waals surface area contributed by atoms with Gasteiger partial charge in [0, 0.05) is 54.7 Å². The number of nitrogens with one attached hydrogen (secondary N) is 1. The molecule has 27 heavy (non-hydrogen) atoms. The van der Waals surface area contributed by atoms with E-state index in [9.17, 15) is 0 Å². The third kappa shape index (κ3) is 3.42. The van der Waals surface area contributed by atoms with Gasteiger partial charge in [0.1, 0.15) is 5.65 Å². The number of ether oxygens (including phenoxy) is 1. The van der Waals surface area contributed by atoms with Crippen molar-refractivity contribution in [1.29, 1.82) is 0 Å². The van der Waals surface area contributed by atoms with E-state index in [4.69, 9.17) is 4.74 Å². The summed E-state index contributed by atoms with van der Waals surface area (Å²) >= 11 is 0. The van der Waals surface area contributed by atoms with Crippen LogP contribution in [-0.4, -0.2) is 57.5 Å². The highest BCUT2D eigenvalue weighted by Crippen LogP contribution is 2.32. The predicted molar refractivity (Wildman–Crippen MR) is 106 cm³/mol. The zero-order chi connectivity index (χ0) is 18.1. The second kappa shape index (κ2) is 7.29. The molecule has 1 aliphatic heterocycles. The smallest absolute Gasteiger partial charge is 0.137 e. The largest absolute Gasteiger partial charge is 0.379 e. The molecule has 0 atom stereocenters. The third-order valence-corrected chi connectivity index (χ3v) is 5.64. The minimum absolute atomic E-state index is 0.839. The highest BCUT2D eigenvalue weighted by atomic mass is 16.5. The van der Waals surface area contributed by atoms with E-state index in [0.29, 0.717) is 0 Å².